The van der Waals surface area contributed by atoms with Crippen molar-refractivity contribution in [1.29, 1.82) is 0 Å². The van der Waals surface area contributed by atoms with Crippen molar-refractivity contribution in [3.05, 3.63) is 0 Å². The summed E-state index contributed by atoms with van der Waals surface area (Å²) >= 11 is 0. The van der Waals surface area contributed by atoms with Crippen molar-refractivity contribution in [1.82, 2.24) is 0 Å². The van der Waals surface area contributed by atoms with Crippen LogP contribution in [-0.4, -0.2) is 24.1 Å². The summed E-state index contributed by atoms with van der Waals surface area (Å²) in [6, 6.07) is 0. The molecule has 1 saturated heterocycles. The summed E-state index contributed by atoms with van der Waals surface area (Å²) in [7, 11) is 0. The second-order valence-corrected chi connectivity index (χ2v) is 4.44. The zero-order valence-corrected chi connectivity index (χ0v) is 8.62. The van der Waals surface area contributed by atoms with E-state index in [2.05, 4.69) is 0 Å². The van der Waals surface area contributed by atoms with Crippen LogP contribution in [-0.2, 0) is 19.1 Å². The van der Waals surface area contributed by atoms with Gasteiger partial charge in [0, 0.05) is 5.92 Å². The molecule has 1 saturated carbocycles. The first-order chi connectivity index (χ1) is 6.45. The molecule has 1 aliphatic heterocycles. The topological polar surface area (TPSA) is 52.6 Å². The zero-order chi connectivity index (χ0) is 10.6. The van der Waals surface area contributed by atoms with Gasteiger partial charge in [-0.3, -0.25) is 9.59 Å². The van der Waals surface area contributed by atoms with Crippen molar-refractivity contribution in [2.75, 3.05) is 6.61 Å². The van der Waals surface area contributed by atoms with Crippen LogP contribution < -0.4 is 0 Å². The van der Waals surface area contributed by atoms with Crippen LogP contribution in [0.1, 0.15) is 27.2 Å². The molecule has 1 heterocycles. The minimum Gasteiger partial charge on any atom is -0.465 e. The lowest BCUT2D eigenvalue weighted by Crippen LogP contribution is -2.27. The van der Waals surface area contributed by atoms with Gasteiger partial charge in [-0.1, -0.05) is 0 Å². The molecule has 0 aromatic rings. The van der Waals surface area contributed by atoms with Crippen LogP contribution in [0.4, 0.5) is 0 Å². The summed E-state index contributed by atoms with van der Waals surface area (Å²) in [6.07, 6.45) is 0.581. The molecule has 0 aromatic heterocycles. The van der Waals surface area contributed by atoms with Gasteiger partial charge in [-0.15, -0.1) is 0 Å². The molecule has 2 rings (SSSR count). The van der Waals surface area contributed by atoms with Gasteiger partial charge in [0.1, 0.15) is 5.60 Å². The summed E-state index contributed by atoms with van der Waals surface area (Å²) < 4.78 is 10.0. The van der Waals surface area contributed by atoms with Gasteiger partial charge in [-0.05, 0) is 27.2 Å². The third-order valence-electron chi connectivity index (χ3n) is 3.16. The lowest BCUT2D eigenvalue weighted by atomic mass is 9.98. The Labute approximate surface area is 82.6 Å². The van der Waals surface area contributed by atoms with Crippen LogP contribution in [0.2, 0.25) is 0 Å². The molecule has 2 fully saturated rings. The summed E-state index contributed by atoms with van der Waals surface area (Å²) in [5, 5.41) is 0. The maximum atomic E-state index is 11.6. The molecule has 2 atom stereocenters. The Morgan fingerprint density at radius 3 is 2.64 bits per heavy atom. The minimum absolute atomic E-state index is 0.00144. The van der Waals surface area contributed by atoms with E-state index in [1.165, 1.54) is 0 Å². The van der Waals surface area contributed by atoms with Crippen LogP contribution in [0, 0.1) is 11.3 Å². The number of cyclic esters (lactones) is 1. The number of ether oxygens (including phenoxy) is 2. The first-order valence-electron chi connectivity index (χ1n) is 4.86. The third-order valence-corrected chi connectivity index (χ3v) is 3.16. The van der Waals surface area contributed by atoms with E-state index in [0.717, 1.165) is 0 Å². The molecule has 78 valence electrons. The van der Waals surface area contributed by atoms with Crippen molar-refractivity contribution >= 4 is 11.9 Å². The molecule has 0 amide bonds. The highest BCUT2D eigenvalue weighted by atomic mass is 16.6. The molecular formula is C10H14O4. The number of carbonyl (C=O) groups excluding carboxylic acids is 2. The summed E-state index contributed by atoms with van der Waals surface area (Å²) in [6.45, 7) is 5.71. The van der Waals surface area contributed by atoms with Crippen molar-refractivity contribution < 1.29 is 19.1 Å². The van der Waals surface area contributed by atoms with Gasteiger partial charge in [0.15, 0.2) is 5.41 Å². The minimum atomic E-state index is -0.959. The molecule has 1 aliphatic carbocycles. The third kappa shape index (κ3) is 0.938. The standard InChI is InChI=1S/C10H14O4/c1-4-13-7(11)10-5-6(10)9(2,3)14-8(10)12/h6H,4-5H2,1-3H3/t6-,10-/m0/s1. The van der Waals surface area contributed by atoms with Crippen LogP contribution in [0.15, 0.2) is 0 Å². The van der Waals surface area contributed by atoms with Crippen LogP contribution in [0.3, 0.4) is 0 Å². The molecule has 0 bridgehead atoms. The van der Waals surface area contributed by atoms with Gasteiger partial charge in [-0.2, -0.15) is 0 Å². The molecular weight excluding hydrogens is 184 g/mol. The Morgan fingerprint density at radius 1 is 1.64 bits per heavy atom. The fourth-order valence-electron chi connectivity index (χ4n) is 2.30. The van der Waals surface area contributed by atoms with E-state index in [0.29, 0.717) is 13.0 Å². The first kappa shape index (κ1) is 9.49. The first-order valence-corrected chi connectivity index (χ1v) is 4.86. The summed E-state index contributed by atoms with van der Waals surface area (Å²) in [5.74, 6) is -0.826. The van der Waals surface area contributed by atoms with Gasteiger partial charge in [-0.25, -0.2) is 0 Å². The normalized spacial score (nSPS) is 37.4. The maximum Gasteiger partial charge on any atom is 0.324 e. The number of fused-ring (bicyclic) bond motifs is 1. The Kier molecular flexibility index (Phi) is 1.69. The second-order valence-electron chi connectivity index (χ2n) is 4.44. The smallest absolute Gasteiger partial charge is 0.324 e. The van der Waals surface area contributed by atoms with Gasteiger partial charge in [0.05, 0.1) is 6.61 Å². The van der Waals surface area contributed by atoms with E-state index in [1.807, 2.05) is 13.8 Å². The van der Waals surface area contributed by atoms with Gasteiger partial charge in [0.25, 0.3) is 0 Å². The number of esters is 2. The Morgan fingerprint density at radius 2 is 2.29 bits per heavy atom. The van der Waals surface area contributed by atoms with Crippen molar-refractivity contribution in [3.63, 3.8) is 0 Å². The Hall–Kier alpha value is -1.06. The number of carbonyl (C=O) groups is 2. The van der Waals surface area contributed by atoms with Gasteiger partial charge >= 0.3 is 11.9 Å². The molecule has 0 aromatic carbocycles. The average molecular weight is 198 g/mol. The second kappa shape index (κ2) is 2.49. The fourth-order valence-corrected chi connectivity index (χ4v) is 2.30. The Balaban J connectivity index is 2.22. The number of hydrogen-bond acceptors (Lipinski definition) is 4. The number of hydrogen-bond donors (Lipinski definition) is 0. The molecule has 0 spiro atoms. The van der Waals surface area contributed by atoms with E-state index in [-0.39, 0.29) is 5.92 Å². The van der Waals surface area contributed by atoms with E-state index in [9.17, 15) is 9.59 Å². The fraction of sp³-hybridized carbons (Fsp3) is 0.800. The molecule has 4 heteroatoms. The zero-order valence-electron chi connectivity index (χ0n) is 8.62. The highest BCUT2D eigenvalue weighted by Gasteiger charge is 2.78. The van der Waals surface area contributed by atoms with Crippen molar-refractivity contribution in [2.45, 2.75) is 32.8 Å². The predicted octanol–water partition coefficient (Wildman–Crippen LogP) is 0.891. The molecule has 2 aliphatic rings. The quantitative estimate of drug-likeness (QED) is 0.488. The molecule has 0 unspecified atom stereocenters. The molecule has 14 heavy (non-hydrogen) atoms. The lowest BCUT2D eigenvalue weighted by molar-refractivity contribution is -0.163. The largest absolute Gasteiger partial charge is 0.465 e. The maximum absolute atomic E-state index is 11.6. The highest BCUT2D eigenvalue weighted by Crippen LogP contribution is 2.65. The van der Waals surface area contributed by atoms with Crippen molar-refractivity contribution in [2.24, 2.45) is 11.3 Å². The summed E-state index contributed by atoms with van der Waals surface area (Å²) in [4.78, 5) is 23.1. The Bertz CT molecular complexity index is 307. The highest BCUT2D eigenvalue weighted by molar-refractivity contribution is 6.06. The van der Waals surface area contributed by atoms with E-state index in [4.69, 9.17) is 9.47 Å². The van der Waals surface area contributed by atoms with E-state index in [1.54, 1.807) is 6.92 Å². The monoisotopic (exact) mass is 198 g/mol. The lowest BCUT2D eigenvalue weighted by Gasteiger charge is -2.18. The van der Waals surface area contributed by atoms with Gasteiger partial charge < -0.3 is 9.47 Å². The van der Waals surface area contributed by atoms with E-state index < -0.39 is 23.0 Å². The predicted molar refractivity (Wildman–Crippen MR) is 47.3 cm³/mol. The van der Waals surface area contributed by atoms with Crippen molar-refractivity contribution in [3.8, 4) is 0 Å². The molecule has 4 nitrogen and oxygen atoms in total. The average Bonchev–Trinajstić information content (AvgIpc) is 2.75. The summed E-state index contributed by atoms with van der Waals surface area (Å²) in [5.41, 5.74) is -1.47. The van der Waals surface area contributed by atoms with Crippen LogP contribution >= 0.6 is 0 Å². The van der Waals surface area contributed by atoms with E-state index >= 15 is 0 Å². The SMILES string of the molecule is CCOC(=O)[C@]12C[C@H]1C(C)(C)OC2=O. The molecule has 0 N–H and O–H groups in total. The molecule has 0 radical (unpaired) electrons. The van der Waals surface area contributed by atoms with Crippen LogP contribution in [0.5, 0.6) is 0 Å². The number of rotatable bonds is 2. The van der Waals surface area contributed by atoms with Crippen LogP contribution in [0.25, 0.3) is 0 Å². The van der Waals surface area contributed by atoms with Gasteiger partial charge in [0.2, 0.25) is 0 Å².